The number of aryl methyl sites for hydroxylation is 1. The summed E-state index contributed by atoms with van der Waals surface area (Å²) in [6.45, 7) is 0.248. The zero-order chi connectivity index (χ0) is 16.4. The molecular formula is C17H17F2NO2S. The molecule has 1 unspecified atom stereocenters. The Bertz CT molecular complexity index is 821. The smallest absolute Gasteiger partial charge is 0.211 e. The van der Waals surface area contributed by atoms with E-state index in [-0.39, 0.29) is 17.4 Å². The molecule has 2 aromatic carbocycles. The number of hydrogen-bond acceptors (Lipinski definition) is 2. The Morgan fingerprint density at radius 3 is 2.65 bits per heavy atom. The SMILES string of the molecule is O=S(=O)(NCC1CCCc2ccccc21)c1ccc(F)c(F)c1. The maximum atomic E-state index is 13.2. The van der Waals surface area contributed by atoms with E-state index < -0.39 is 21.7 Å². The lowest BCUT2D eigenvalue weighted by Gasteiger charge is -2.25. The second kappa shape index (κ2) is 6.37. The second-order valence-corrected chi connectivity index (χ2v) is 7.48. The van der Waals surface area contributed by atoms with Crippen LogP contribution in [0.2, 0.25) is 0 Å². The summed E-state index contributed by atoms with van der Waals surface area (Å²) in [6, 6.07) is 10.6. The summed E-state index contributed by atoms with van der Waals surface area (Å²) in [7, 11) is -3.86. The Kier molecular flexibility index (Phi) is 4.46. The molecule has 23 heavy (non-hydrogen) atoms. The largest absolute Gasteiger partial charge is 0.240 e. The molecule has 3 rings (SSSR count). The number of fused-ring (bicyclic) bond motifs is 1. The normalized spacial score (nSPS) is 17.7. The van der Waals surface area contributed by atoms with Crippen molar-refractivity contribution in [2.75, 3.05) is 6.54 Å². The molecule has 1 atom stereocenters. The van der Waals surface area contributed by atoms with Crippen LogP contribution in [0.25, 0.3) is 0 Å². The lowest BCUT2D eigenvalue weighted by molar-refractivity contribution is 0.503. The molecule has 0 radical (unpaired) electrons. The zero-order valence-corrected chi connectivity index (χ0v) is 13.2. The van der Waals surface area contributed by atoms with Crippen molar-refractivity contribution in [1.29, 1.82) is 0 Å². The van der Waals surface area contributed by atoms with Gasteiger partial charge in [-0.15, -0.1) is 0 Å². The molecule has 6 heteroatoms. The fourth-order valence-corrected chi connectivity index (χ4v) is 4.10. The molecule has 0 saturated heterocycles. The van der Waals surface area contributed by atoms with Gasteiger partial charge in [0.2, 0.25) is 10.0 Å². The van der Waals surface area contributed by atoms with Crippen LogP contribution in [0.5, 0.6) is 0 Å². The molecule has 0 fully saturated rings. The molecule has 1 aliphatic carbocycles. The monoisotopic (exact) mass is 337 g/mol. The van der Waals surface area contributed by atoms with Gasteiger partial charge < -0.3 is 0 Å². The predicted octanol–water partition coefficient (Wildman–Crippen LogP) is 3.36. The van der Waals surface area contributed by atoms with Gasteiger partial charge in [0.15, 0.2) is 11.6 Å². The molecule has 1 aliphatic rings. The van der Waals surface area contributed by atoms with Crippen molar-refractivity contribution < 1.29 is 17.2 Å². The number of benzene rings is 2. The highest BCUT2D eigenvalue weighted by molar-refractivity contribution is 7.89. The van der Waals surface area contributed by atoms with Crippen LogP contribution >= 0.6 is 0 Å². The molecule has 122 valence electrons. The quantitative estimate of drug-likeness (QED) is 0.930. The number of sulfonamides is 1. The van der Waals surface area contributed by atoms with Gasteiger partial charge in [-0.25, -0.2) is 21.9 Å². The van der Waals surface area contributed by atoms with Crippen molar-refractivity contribution >= 4 is 10.0 Å². The summed E-state index contributed by atoms with van der Waals surface area (Å²) >= 11 is 0. The van der Waals surface area contributed by atoms with E-state index in [0.717, 1.165) is 37.0 Å². The lowest BCUT2D eigenvalue weighted by atomic mass is 9.83. The third kappa shape index (κ3) is 3.43. The highest BCUT2D eigenvalue weighted by atomic mass is 32.2. The van der Waals surface area contributed by atoms with E-state index in [4.69, 9.17) is 0 Å². The standard InChI is InChI=1S/C17H17F2NO2S/c18-16-9-8-14(10-17(16)19)23(21,22)20-11-13-6-3-5-12-4-1-2-7-15(12)13/h1-2,4,7-10,13,20H,3,5-6,11H2. The van der Waals surface area contributed by atoms with Crippen LogP contribution in [0.4, 0.5) is 8.78 Å². The average molecular weight is 337 g/mol. The number of rotatable bonds is 4. The van der Waals surface area contributed by atoms with Gasteiger partial charge in [0.1, 0.15) is 0 Å². The van der Waals surface area contributed by atoms with Gasteiger partial charge >= 0.3 is 0 Å². The minimum atomic E-state index is -3.86. The van der Waals surface area contributed by atoms with Gasteiger partial charge in [-0.3, -0.25) is 0 Å². The van der Waals surface area contributed by atoms with Gasteiger partial charge in [-0.2, -0.15) is 0 Å². The van der Waals surface area contributed by atoms with Crippen molar-refractivity contribution in [3.8, 4) is 0 Å². The molecule has 2 aromatic rings. The van der Waals surface area contributed by atoms with Crippen molar-refractivity contribution in [2.24, 2.45) is 0 Å². The summed E-state index contributed by atoms with van der Waals surface area (Å²) in [5, 5.41) is 0. The van der Waals surface area contributed by atoms with Crippen molar-refractivity contribution in [2.45, 2.75) is 30.1 Å². The average Bonchev–Trinajstić information content (AvgIpc) is 2.55. The highest BCUT2D eigenvalue weighted by Crippen LogP contribution is 2.31. The summed E-state index contributed by atoms with van der Waals surface area (Å²) in [4.78, 5) is -0.263. The van der Waals surface area contributed by atoms with E-state index in [2.05, 4.69) is 10.8 Å². The van der Waals surface area contributed by atoms with Crippen LogP contribution in [0.1, 0.15) is 29.9 Å². The van der Waals surface area contributed by atoms with Crippen molar-refractivity contribution in [1.82, 2.24) is 4.72 Å². The Morgan fingerprint density at radius 2 is 1.87 bits per heavy atom. The second-order valence-electron chi connectivity index (χ2n) is 5.72. The first-order valence-electron chi connectivity index (χ1n) is 7.50. The van der Waals surface area contributed by atoms with Crippen molar-refractivity contribution in [3.63, 3.8) is 0 Å². The van der Waals surface area contributed by atoms with Crippen LogP contribution < -0.4 is 4.72 Å². The van der Waals surface area contributed by atoms with Crippen molar-refractivity contribution in [3.05, 3.63) is 65.2 Å². The predicted molar refractivity (Wildman–Crippen MR) is 83.7 cm³/mol. The van der Waals surface area contributed by atoms with Gasteiger partial charge in [-0.05, 0) is 54.5 Å². The van der Waals surface area contributed by atoms with Crippen LogP contribution in [0.15, 0.2) is 47.4 Å². The van der Waals surface area contributed by atoms with Gasteiger partial charge in [0.05, 0.1) is 4.90 Å². The Morgan fingerprint density at radius 1 is 1.09 bits per heavy atom. The molecule has 0 spiro atoms. The Labute approximate surface area is 134 Å². The maximum absolute atomic E-state index is 13.2. The first kappa shape index (κ1) is 16.1. The fourth-order valence-electron chi connectivity index (χ4n) is 3.00. The fraction of sp³-hybridized carbons (Fsp3) is 0.294. The third-order valence-electron chi connectivity index (χ3n) is 4.21. The summed E-state index contributed by atoms with van der Waals surface area (Å²) in [5.74, 6) is -2.14. The van der Waals surface area contributed by atoms with Gasteiger partial charge in [0, 0.05) is 6.54 Å². The maximum Gasteiger partial charge on any atom is 0.240 e. The number of hydrogen-bond donors (Lipinski definition) is 1. The number of halogens is 2. The summed E-state index contributed by atoms with van der Waals surface area (Å²) in [5.41, 5.74) is 2.41. The van der Waals surface area contributed by atoms with Crippen LogP contribution in [0, 0.1) is 11.6 Å². The molecule has 0 bridgehead atoms. The minimum absolute atomic E-state index is 0.0972. The van der Waals surface area contributed by atoms with E-state index >= 15 is 0 Å². The molecule has 1 N–H and O–H groups in total. The zero-order valence-electron chi connectivity index (χ0n) is 12.4. The van der Waals surface area contributed by atoms with E-state index in [1.807, 2.05) is 18.2 Å². The van der Waals surface area contributed by atoms with E-state index in [1.54, 1.807) is 0 Å². The first-order chi connectivity index (χ1) is 11.0. The molecule has 0 aliphatic heterocycles. The van der Waals surface area contributed by atoms with E-state index in [0.29, 0.717) is 6.07 Å². The van der Waals surface area contributed by atoms with E-state index in [9.17, 15) is 17.2 Å². The van der Waals surface area contributed by atoms with E-state index in [1.165, 1.54) is 5.56 Å². The lowest BCUT2D eigenvalue weighted by Crippen LogP contribution is -2.30. The van der Waals surface area contributed by atoms with Crippen LogP contribution in [-0.2, 0) is 16.4 Å². The van der Waals surface area contributed by atoms with Crippen LogP contribution in [0.3, 0.4) is 0 Å². The summed E-state index contributed by atoms with van der Waals surface area (Å²) in [6.07, 6.45) is 2.91. The molecule has 0 amide bonds. The summed E-state index contributed by atoms with van der Waals surface area (Å²) < 4.78 is 53.2. The first-order valence-corrected chi connectivity index (χ1v) is 8.98. The topological polar surface area (TPSA) is 46.2 Å². The van der Waals surface area contributed by atoms with Gasteiger partial charge in [-0.1, -0.05) is 24.3 Å². The Hall–Kier alpha value is -1.79. The third-order valence-corrected chi connectivity index (χ3v) is 5.64. The molecule has 3 nitrogen and oxygen atoms in total. The van der Waals surface area contributed by atoms with Gasteiger partial charge in [0.25, 0.3) is 0 Å². The highest BCUT2D eigenvalue weighted by Gasteiger charge is 2.23. The molecular weight excluding hydrogens is 320 g/mol. The number of nitrogens with one attached hydrogen (secondary N) is 1. The molecule has 0 heterocycles. The van der Waals surface area contributed by atoms with Crippen LogP contribution in [-0.4, -0.2) is 15.0 Å². The molecule has 0 saturated carbocycles. The minimum Gasteiger partial charge on any atom is -0.211 e. The molecule has 0 aromatic heterocycles. The Balaban J connectivity index is 1.76.